The SMILES string of the molecule is COc1ccc(S(=O)(=O)N2CCOCC2)cc1NC(=O)CCc1c(C)noc1C. The number of carbonyl (C=O) groups excluding carboxylic acids is 1. The van der Waals surface area contributed by atoms with Crippen LogP contribution < -0.4 is 10.1 Å². The summed E-state index contributed by atoms with van der Waals surface area (Å²) in [5, 5.41) is 6.64. The Morgan fingerprint density at radius 3 is 2.62 bits per heavy atom. The van der Waals surface area contributed by atoms with Crippen molar-refractivity contribution in [1.29, 1.82) is 0 Å². The van der Waals surface area contributed by atoms with Crippen molar-refractivity contribution in [2.24, 2.45) is 0 Å². The number of carbonyl (C=O) groups is 1. The Bertz CT molecular complexity index is 960. The number of ether oxygens (including phenoxy) is 2. The average Bonchev–Trinajstić information content (AvgIpc) is 3.04. The highest BCUT2D eigenvalue weighted by molar-refractivity contribution is 7.89. The number of anilines is 1. The molecule has 0 aliphatic carbocycles. The van der Waals surface area contributed by atoms with Crippen molar-refractivity contribution in [1.82, 2.24) is 9.46 Å². The summed E-state index contributed by atoms with van der Waals surface area (Å²) in [6, 6.07) is 4.44. The second kappa shape index (κ2) is 8.93. The Hall–Kier alpha value is -2.43. The molecule has 3 rings (SSSR count). The fourth-order valence-corrected chi connectivity index (χ4v) is 4.63. The van der Waals surface area contributed by atoms with Crippen LogP contribution in [0.15, 0.2) is 27.6 Å². The van der Waals surface area contributed by atoms with Crippen molar-refractivity contribution < 1.29 is 27.2 Å². The van der Waals surface area contributed by atoms with E-state index in [4.69, 9.17) is 14.0 Å². The summed E-state index contributed by atoms with van der Waals surface area (Å²) in [5.74, 6) is 0.812. The molecule has 1 aromatic heterocycles. The molecule has 158 valence electrons. The molecule has 29 heavy (non-hydrogen) atoms. The molecule has 1 fully saturated rings. The molecular formula is C19H25N3O6S. The van der Waals surface area contributed by atoms with Gasteiger partial charge < -0.3 is 19.3 Å². The third-order valence-corrected chi connectivity index (χ3v) is 6.73. The molecule has 9 nitrogen and oxygen atoms in total. The van der Waals surface area contributed by atoms with Gasteiger partial charge in [-0.15, -0.1) is 0 Å². The number of hydrogen-bond donors (Lipinski definition) is 1. The first-order valence-corrected chi connectivity index (χ1v) is 10.7. The van der Waals surface area contributed by atoms with E-state index in [1.165, 1.54) is 29.6 Å². The van der Waals surface area contributed by atoms with E-state index >= 15 is 0 Å². The van der Waals surface area contributed by atoms with E-state index in [1.54, 1.807) is 6.92 Å². The topological polar surface area (TPSA) is 111 Å². The van der Waals surface area contributed by atoms with Gasteiger partial charge in [0, 0.05) is 25.1 Å². The van der Waals surface area contributed by atoms with Gasteiger partial charge in [0.25, 0.3) is 0 Å². The molecule has 2 heterocycles. The molecule has 0 spiro atoms. The first-order valence-electron chi connectivity index (χ1n) is 9.30. The van der Waals surface area contributed by atoms with E-state index in [2.05, 4.69) is 10.5 Å². The third kappa shape index (κ3) is 4.77. The lowest BCUT2D eigenvalue weighted by Gasteiger charge is -2.26. The number of aromatic nitrogens is 1. The second-order valence-electron chi connectivity index (χ2n) is 6.73. The van der Waals surface area contributed by atoms with Gasteiger partial charge in [0.2, 0.25) is 15.9 Å². The second-order valence-corrected chi connectivity index (χ2v) is 8.67. The Labute approximate surface area is 170 Å². The Balaban J connectivity index is 1.75. The third-order valence-electron chi connectivity index (χ3n) is 4.84. The van der Waals surface area contributed by atoms with Crippen molar-refractivity contribution in [3.05, 3.63) is 35.2 Å². The van der Waals surface area contributed by atoms with Gasteiger partial charge in [-0.1, -0.05) is 5.16 Å². The molecule has 0 radical (unpaired) electrons. The lowest BCUT2D eigenvalue weighted by molar-refractivity contribution is -0.116. The summed E-state index contributed by atoms with van der Waals surface area (Å²) in [5.41, 5.74) is 1.97. The predicted molar refractivity (Wildman–Crippen MR) is 105 cm³/mol. The number of methoxy groups -OCH3 is 1. The first-order chi connectivity index (χ1) is 13.8. The minimum atomic E-state index is -3.68. The molecule has 0 unspecified atom stereocenters. The number of nitrogens with zero attached hydrogens (tertiary/aromatic N) is 2. The highest BCUT2D eigenvalue weighted by atomic mass is 32.2. The van der Waals surface area contributed by atoms with Crippen molar-refractivity contribution in [3.63, 3.8) is 0 Å². The summed E-state index contributed by atoms with van der Waals surface area (Å²) in [6.07, 6.45) is 0.674. The lowest BCUT2D eigenvalue weighted by Crippen LogP contribution is -2.40. The van der Waals surface area contributed by atoms with Gasteiger partial charge in [-0.05, 0) is 38.5 Å². The predicted octanol–water partition coefficient (Wildman–Crippen LogP) is 1.89. The van der Waals surface area contributed by atoms with Crippen LogP contribution in [0.25, 0.3) is 0 Å². The maximum atomic E-state index is 12.9. The zero-order chi connectivity index (χ0) is 21.0. The van der Waals surface area contributed by atoms with E-state index in [1.807, 2.05) is 6.92 Å². The van der Waals surface area contributed by atoms with Gasteiger partial charge in [-0.25, -0.2) is 8.42 Å². The number of benzene rings is 1. The molecule has 1 N–H and O–H groups in total. The molecule has 1 saturated heterocycles. The number of rotatable bonds is 7. The molecule has 0 saturated carbocycles. The van der Waals surface area contributed by atoms with E-state index in [0.717, 1.165) is 11.3 Å². The Morgan fingerprint density at radius 2 is 2.00 bits per heavy atom. The fourth-order valence-electron chi connectivity index (χ4n) is 3.19. The number of hydrogen-bond acceptors (Lipinski definition) is 7. The first kappa shape index (κ1) is 21.3. The number of sulfonamides is 1. The molecule has 10 heteroatoms. The van der Waals surface area contributed by atoms with Crippen LogP contribution in [-0.4, -0.2) is 57.2 Å². The number of nitrogens with one attached hydrogen (secondary N) is 1. The molecule has 1 aromatic carbocycles. The van der Waals surface area contributed by atoms with E-state index in [-0.39, 0.29) is 17.2 Å². The fraction of sp³-hybridized carbons (Fsp3) is 0.474. The number of amides is 1. The number of aryl methyl sites for hydroxylation is 2. The summed E-state index contributed by atoms with van der Waals surface area (Å²) >= 11 is 0. The molecule has 0 atom stereocenters. The van der Waals surface area contributed by atoms with Crippen LogP contribution in [0.3, 0.4) is 0 Å². The highest BCUT2D eigenvalue weighted by Crippen LogP contribution is 2.29. The molecule has 1 amide bonds. The van der Waals surface area contributed by atoms with Crippen LogP contribution in [0.5, 0.6) is 5.75 Å². The molecule has 0 bridgehead atoms. The Morgan fingerprint density at radius 1 is 1.28 bits per heavy atom. The standard InChI is InChI=1S/C19H25N3O6S/c1-13-16(14(2)28-21-13)5-7-19(23)20-17-12-15(4-6-18(17)26-3)29(24,25)22-8-10-27-11-9-22/h4,6,12H,5,7-11H2,1-3H3,(H,20,23). The molecule has 1 aliphatic rings. The van der Waals surface area contributed by atoms with Gasteiger partial charge >= 0.3 is 0 Å². The van der Waals surface area contributed by atoms with Gasteiger partial charge in [-0.2, -0.15) is 4.31 Å². The van der Waals surface area contributed by atoms with Crippen molar-refractivity contribution in [2.75, 3.05) is 38.7 Å². The number of morpholine rings is 1. The average molecular weight is 423 g/mol. The molecular weight excluding hydrogens is 398 g/mol. The van der Waals surface area contributed by atoms with E-state index in [9.17, 15) is 13.2 Å². The smallest absolute Gasteiger partial charge is 0.243 e. The van der Waals surface area contributed by atoms with Crippen molar-refractivity contribution >= 4 is 21.6 Å². The lowest BCUT2D eigenvalue weighted by atomic mass is 10.1. The quantitative estimate of drug-likeness (QED) is 0.724. The van der Waals surface area contributed by atoms with Gasteiger partial charge in [0.05, 0.1) is 36.6 Å². The van der Waals surface area contributed by atoms with Crippen molar-refractivity contribution in [3.8, 4) is 5.75 Å². The van der Waals surface area contributed by atoms with Crippen LogP contribution in [0.2, 0.25) is 0 Å². The Kier molecular flexibility index (Phi) is 6.56. The summed E-state index contributed by atoms with van der Waals surface area (Å²) in [6.45, 7) is 4.95. The van der Waals surface area contributed by atoms with Crippen LogP contribution in [-0.2, 0) is 26.0 Å². The van der Waals surface area contributed by atoms with Crippen LogP contribution in [0.1, 0.15) is 23.4 Å². The minimum Gasteiger partial charge on any atom is -0.495 e. The summed E-state index contributed by atoms with van der Waals surface area (Å²) < 4.78 is 42.8. The summed E-state index contributed by atoms with van der Waals surface area (Å²) in [4.78, 5) is 12.6. The normalized spacial score (nSPS) is 15.3. The van der Waals surface area contributed by atoms with Crippen molar-refractivity contribution in [2.45, 2.75) is 31.6 Å². The van der Waals surface area contributed by atoms with Crippen LogP contribution in [0, 0.1) is 13.8 Å². The maximum absolute atomic E-state index is 12.9. The molecule has 2 aromatic rings. The minimum absolute atomic E-state index is 0.0984. The van der Waals surface area contributed by atoms with E-state index < -0.39 is 10.0 Å². The maximum Gasteiger partial charge on any atom is 0.243 e. The van der Waals surface area contributed by atoms with Crippen LogP contribution in [0.4, 0.5) is 5.69 Å². The van der Waals surface area contributed by atoms with Gasteiger partial charge in [0.1, 0.15) is 11.5 Å². The zero-order valence-corrected chi connectivity index (χ0v) is 17.5. The zero-order valence-electron chi connectivity index (χ0n) is 16.7. The largest absolute Gasteiger partial charge is 0.495 e. The highest BCUT2D eigenvalue weighted by Gasteiger charge is 2.27. The van der Waals surface area contributed by atoms with E-state index in [0.29, 0.717) is 49.9 Å². The van der Waals surface area contributed by atoms with Crippen LogP contribution >= 0.6 is 0 Å². The molecule has 1 aliphatic heterocycles. The van der Waals surface area contributed by atoms with Gasteiger partial charge in [0.15, 0.2) is 0 Å². The van der Waals surface area contributed by atoms with Gasteiger partial charge in [-0.3, -0.25) is 4.79 Å². The summed E-state index contributed by atoms with van der Waals surface area (Å²) in [7, 11) is -2.22. The monoisotopic (exact) mass is 423 g/mol.